The number of nitrogens with zero attached hydrogens (tertiary/aromatic N) is 3. The fourth-order valence-corrected chi connectivity index (χ4v) is 8.78. The number of rotatable bonds is 6. The summed E-state index contributed by atoms with van der Waals surface area (Å²) in [5, 5.41) is 54.3. The second-order valence-electron chi connectivity index (χ2n) is 13.9. The Hall–Kier alpha value is -2.99. The fraction of sp³-hybridized carbons (Fsp3) is 0.647. The van der Waals surface area contributed by atoms with Crippen molar-refractivity contribution in [3.05, 3.63) is 53.9 Å². The minimum absolute atomic E-state index is 0.0259. The van der Waals surface area contributed by atoms with Crippen LogP contribution in [-0.2, 0) is 19.1 Å². The molecule has 3 fully saturated rings. The van der Waals surface area contributed by atoms with Crippen molar-refractivity contribution in [1.29, 1.82) is 0 Å². The molecule has 4 aliphatic rings. The average molecular weight is 724 g/mol. The second-order valence-corrected chi connectivity index (χ2v) is 15.2. The molecule has 12 atom stereocenters. The molecule has 6 rings (SSSR count). The first-order valence-corrected chi connectivity index (χ1v) is 18.0. The number of carbonyl (C=O) groups excluding carboxylic acids is 1. The number of aliphatic hydroxyl groups excluding tert-OH is 3. The van der Waals surface area contributed by atoms with Crippen molar-refractivity contribution in [3.8, 4) is 5.69 Å². The monoisotopic (exact) mass is 723 g/mol. The van der Waals surface area contributed by atoms with Gasteiger partial charge >= 0.3 is 0 Å². The summed E-state index contributed by atoms with van der Waals surface area (Å²) in [6, 6.07) is 1.87. The first kappa shape index (κ1) is 38.2. The number of aliphatic hydroxyl groups is 3. The summed E-state index contributed by atoms with van der Waals surface area (Å²) in [5.74, 6) is -0.719. The highest BCUT2D eigenvalue weighted by molar-refractivity contribution is 8.00. The minimum Gasteiger partial charge on any atom is -0.483 e. The summed E-state index contributed by atoms with van der Waals surface area (Å²) in [7, 11) is 0. The van der Waals surface area contributed by atoms with Gasteiger partial charge in [0.1, 0.15) is 47.4 Å². The highest BCUT2D eigenvalue weighted by atomic mass is 32.2. The number of allylic oxidation sites excluding steroid dienone is 1. The number of aromatic nitrogens is 3. The van der Waals surface area contributed by atoms with E-state index in [9.17, 15) is 28.9 Å². The molecule has 2 bridgehead atoms. The SMILES string of the molecule is CC(C)C[C@@H]1CCO[C@@H]2[C@H](CN[C@@H]2C(=O)N[C@H]2[C@H]3O[C@H](S[C@H](c4cn(-c5ccc(F)cc5F)nn4)CC=C[C@H]2C)[C@H](O)[C@@H](O)[C@H]3O)C1.O=CO. The van der Waals surface area contributed by atoms with Gasteiger partial charge in [-0.25, -0.2) is 13.5 Å². The number of amides is 1. The Labute approximate surface area is 293 Å². The molecule has 1 aromatic heterocycles. The van der Waals surface area contributed by atoms with Crippen molar-refractivity contribution in [2.24, 2.45) is 23.7 Å². The Balaban J connectivity index is 0.00000156. The van der Waals surface area contributed by atoms with E-state index in [0.717, 1.165) is 31.4 Å². The predicted molar refractivity (Wildman–Crippen MR) is 179 cm³/mol. The molecule has 0 unspecified atom stereocenters. The zero-order valence-corrected chi connectivity index (χ0v) is 29.0. The molecule has 50 heavy (non-hydrogen) atoms. The van der Waals surface area contributed by atoms with Crippen LogP contribution in [0.15, 0.2) is 36.5 Å². The van der Waals surface area contributed by atoms with Gasteiger partial charge in [-0.1, -0.05) is 38.1 Å². The number of hydrogen-bond acceptors (Lipinski definition) is 11. The highest BCUT2D eigenvalue weighted by Gasteiger charge is 2.50. The molecule has 0 aliphatic carbocycles. The van der Waals surface area contributed by atoms with Crippen molar-refractivity contribution in [2.45, 2.75) is 99.7 Å². The van der Waals surface area contributed by atoms with Gasteiger partial charge in [-0.15, -0.1) is 16.9 Å². The summed E-state index contributed by atoms with van der Waals surface area (Å²) < 4.78 is 41.7. The Morgan fingerprint density at radius 1 is 1.20 bits per heavy atom. The first-order chi connectivity index (χ1) is 23.9. The zero-order chi connectivity index (χ0) is 36.1. The quantitative estimate of drug-likeness (QED) is 0.189. The van der Waals surface area contributed by atoms with E-state index in [1.54, 1.807) is 0 Å². The number of fused-ring (bicyclic) bond motifs is 3. The van der Waals surface area contributed by atoms with Crippen LogP contribution >= 0.6 is 11.8 Å². The van der Waals surface area contributed by atoms with Crippen LogP contribution < -0.4 is 10.6 Å². The summed E-state index contributed by atoms with van der Waals surface area (Å²) >= 11 is 1.19. The van der Waals surface area contributed by atoms with E-state index in [1.807, 2.05) is 19.1 Å². The van der Waals surface area contributed by atoms with Gasteiger partial charge in [0.05, 0.1) is 29.3 Å². The van der Waals surface area contributed by atoms with Gasteiger partial charge in [-0.3, -0.25) is 9.59 Å². The van der Waals surface area contributed by atoms with Gasteiger partial charge in [-0.05, 0) is 61.5 Å². The summed E-state index contributed by atoms with van der Waals surface area (Å²) in [6.07, 6.45) is 3.15. The van der Waals surface area contributed by atoms with Crippen LogP contribution in [-0.4, -0.2) is 109 Å². The average Bonchev–Trinajstić information content (AvgIpc) is 3.66. The molecule has 0 radical (unpaired) electrons. The van der Waals surface area contributed by atoms with Crippen LogP contribution in [0, 0.1) is 35.3 Å². The second kappa shape index (κ2) is 17.0. The molecular weight excluding hydrogens is 676 g/mol. The summed E-state index contributed by atoms with van der Waals surface area (Å²) in [6.45, 7) is 7.39. The molecule has 4 aliphatic heterocycles. The molecule has 6 N–H and O–H groups in total. The van der Waals surface area contributed by atoms with E-state index < -0.39 is 58.8 Å². The number of benzene rings is 1. The fourth-order valence-electron chi connectivity index (χ4n) is 7.48. The van der Waals surface area contributed by atoms with E-state index in [-0.39, 0.29) is 36.0 Å². The number of nitrogens with one attached hydrogen (secondary N) is 2. The highest BCUT2D eigenvalue weighted by Crippen LogP contribution is 2.42. The molecule has 1 aromatic carbocycles. The Bertz CT molecular complexity index is 1480. The lowest BCUT2D eigenvalue weighted by molar-refractivity contribution is -0.207. The van der Waals surface area contributed by atoms with Crippen LogP contribution in [0.3, 0.4) is 0 Å². The van der Waals surface area contributed by atoms with Crippen LogP contribution in [0.2, 0.25) is 0 Å². The van der Waals surface area contributed by atoms with Gasteiger partial charge < -0.3 is 40.5 Å². The number of hydrogen-bond donors (Lipinski definition) is 6. The lowest BCUT2D eigenvalue weighted by Gasteiger charge is -2.45. The summed E-state index contributed by atoms with van der Waals surface area (Å²) in [5.41, 5.74) is -0.514. The predicted octanol–water partition coefficient (Wildman–Crippen LogP) is 2.34. The molecule has 276 valence electrons. The third kappa shape index (κ3) is 8.72. The number of halogens is 2. The number of thioether (sulfide) groups is 1. The molecule has 13 nitrogen and oxygen atoms in total. The molecule has 0 spiro atoms. The minimum atomic E-state index is -1.54. The maximum Gasteiger partial charge on any atom is 0.290 e. The van der Waals surface area contributed by atoms with Crippen LogP contribution in [0.1, 0.15) is 57.4 Å². The van der Waals surface area contributed by atoms with Gasteiger partial charge in [0.2, 0.25) is 5.91 Å². The Kier molecular flexibility index (Phi) is 13.0. The third-order valence-electron chi connectivity index (χ3n) is 9.87. The topological polar surface area (TPSA) is 188 Å². The molecule has 5 heterocycles. The molecule has 16 heteroatoms. The first-order valence-electron chi connectivity index (χ1n) is 17.0. The molecule has 0 saturated carbocycles. The van der Waals surface area contributed by atoms with E-state index in [1.165, 1.54) is 28.7 Å². The maximum absolute atomic E-state index is 14.4. The number of carboxylic acid groups (broad SMARTS) is 1. The van der Waals surface area contributed by atoms with Crippen molar-refractivity contribution in [3.63, 3.8) is 0 Å². The smallest absolute Gasteiger partial charge is 0.290 e. The van der Waals surface area contributed by atoms with E-state index in [2.05, 4.69) is 34.8 Å². The Morgan fingerprint density at radius 2 is 1.96 bits per heavy atom. The largest absolute Gasteiger partial charge is 0.483 e. The maximum atomic E-state index is 14.4. The van der Waals surface area contributed by atoms with Crippen molar-refractivity contribution < 1.29 is 48.3 Å². The van der Waals surface area contributed by atoms with Gasteiger partial charge in [-0.2, -0.15) is 0 Å². The standard InChI is InChI=1S/C33H45F2N5O6S.CH2O2/c1-16(2)11-18-9-10-45-30-19(12-18)14-36-26(30)32(44)37-25-17(3)5-4-6-24(47-33-29(43)27(41)28(42)31(25)46-33)22-15-40(39-38-22)23-8-7-20(34)13-21(23)35;2-1-3/h4-5,7-8,13,15-19,24-31,33,36,41-43H,6,9-12,14H2,1-3H3,(H,37,44);1H,(H,2,3)/t17-,18+,19+,24+,25-,26+,27+,28-,29-,30-,31-,33-;/m1./s1. The lowest BCUT2D eigenvalue weighted by Crippen LogP contribution is -2.65. The van der Waals surface area contributed by atoms with E-state index >= 15 is 0 Å². The van der Waals surface area contributed by atoms with Gasteiger partial charge in [0, 0.05) is 19.2 Å². The van der Waals surface area contributed by atoms with E-state index in [4.69, 9.17) is 19.4 Å². The normalized spacial score (nSPS) is 35.7. The Morgan fingerprint density at radius 3 is 2.68 bits per heavy atom. The molecular formula is C34H47F2N5O8S. The van der Waals surface area contributed by atoms with Crippen LogP contribution in [0.5, 0.6) is 0 Å². The van der Waals surface area contributed by atoms with Crippen molar-refractivity contribution in [2.75, 3.05) is 13.2 Å². The summed E-state index contributed by atoms with van der Waals surface area (Å²) in [4.78, 5) is 22.2. The van der Waals surface area contributed by atoms with Gasteiger partial charge in [0.25, 0.3) is 6.47 Å². The number of ether oxygens (including phenoxy) is 2. The molecule has 3 saturated heterocycles. The third-order valence-corrected chi connectivity index (χ3v) is 11.3. The number of carbonyl (C=O) groups is 2. The van der Waals surface area contributed by atoms with Crippen molar-refractivity contribution in [1.82, 2.24) is 25.6 Å². The van der Waals surface area contributed by atoms with Crippen LogP contribution in [0.4, 0.5) is 8.78 Å². The van der Waals surface area contributed by atoms with Gasteiger partial charge in [0.15, 0.2) is 5.82 Å². The van der Waals surface area contributed by atoms with E-state index in [0.29, 0.717) is 37.1 Å². The molecule has 2 aromatic rings. The van der Waals surface area contributed by atoms with Crippen LogP contribution in [0.25, 0.3) is 5.69 Å². The zero-order valence-electron chi connectivity index (χ0n) is 28.2. The molecule has 1 amide bonds. The van der Waals surface area contributed by atoms with Crippen molar-refractivity contribution >= 4 is 24.1 Å². The lowest BCUT2D eigenvalue weighted by atomic mass is 9.85.